The van der Waals surface area contributed by atoms with Gasteiger partial charge in [-0.05, 0) is 51.3 Å². The van der Waals surface area contributed by atoms with Crippen molar-refractivity contribution in [2.45, 2.75) is 65.5 Å². The van der Waals surface area contributed by atoms with Crippen molar-refractivity contribution in [2.75, 3.05) is 6.54 Å². The number of rotatable bonds is 9. The predicted molar refractivity (Wildman–Crippen MR) is 90.7 cm³/mol. The molecule has 0 aliphatic heterocycles. The van der Waals surface area contributed by atoms with Crippen molar-refractivity contribution in [3.63, 3.8) is 0 Å². The third-order valence-corrected chi connectivity index (χ3v) is 3.96. The van der Waals surface area contributed by atoms with Crippen LogP contribution in [-0.4, -0.2) is 22.1 Å². The number of para-hydroxylation sites is 2. The molecule has 21 heavy (non-hydrogen) atoms. The average Bonchev–Trinajstić information content (AvgIpc) is 2.84. The van der Waals surface area contributed by atoms with Crippen LogP contribution in [0.5, 0.6) is 0 Å². The molecular weight excluding hydrogens is 258 g/mol. The Morgan fingerprint density at radius 3 is 2.76 bits per heavy atom. The second kappa shape index (κ2) is 8.18. The number of imidazole rings is 1. The van der Waals surface area contributed by atoms with Crippen LogP contribution in [0.4, 0.5) is 0 Å². The number of aryl methyl sites for hydroxylation is 2. The minimum Gasteiger partial charge on any atom is -0.328 e. The number of hydrogen-bond donors (Lipinski definition) is 1. The Bertz CT molecular complexity index is 544. The van der Waals surface area contributed by atoms with E-state index in [-0.39, 0.29) is 0 Å². The zero-order valence-corrected chi connectivity index (χ0v) is 13.7. The smallest absolute Gasteiger partial charge is 0.109 e. The summed E-state index contributed by atoms with van der Waals surface area (Å²) in [6.45, 7) is 8.92. The Morgan fingerprint density at radius 1 is 1.19 bits per heavy atom. The topological polar surface area (TPSA) is 29.9 Å². The molecule has 0 spiro atoms. The summed E-state index contributed by atoms with van der Waals surface area (Å²) in [5.74, 6) is 1.25. The number of aromatic nitrogens is 2. The van der Waals surface area contributed by atoms with Crippen LogP contribution in [0.2, 0.25) is 0 Å². The van der Waals surface area contributed by atoms with Gasteiger partial charge in [0.2, 0.25) is 0 Å². The Labute approximate surface area is 128 Å². The zero-order chi connectivity index (χ0) is 15.1. The second-order valence-corrected chi connectivity index (χ2v) is 5.92. The molecule has 1 N–H and O–H groups in total. The Morgan fingerprint density at radius 2 is 2.00 bits per heavy atom. The van der Waals surface area contributed by atoms with Gasteiger partial charge < -0.3 is 9.88 Å². The molecular formula is C18H29N3. The van der Waals surface area contributed by atoms with Gasteiger partial charge in [-0.25, -0.2) is 4.98 Å². The van der Waals surface area contributed by atoms with Crippen molar-refractivity contribution < 1.29 is 0 Å². The highest BCUT2D eigenvalue weighted by Gasteiger charge is 2.10. The molecule has 0 aliphatic rings. The highest BCUT2D eigenvalue weighted by molar-refractivity contribution is 5.75. The molecule has 0 bridgehead atoms. The molecule has 0 saturated carbocycles. The normalized spacial score (nSPS) is 12.9. The molecule has 0 aliphatic carbocycles. The molecule has 2 rings (SSSR count). The number of benzene rings is 1. The SMILES string of the molecule is CCCNC(C)CCCc1nc2ccccc2n1CCC. The Hall–Kier alpha value is -1.35. The van der Waals surface area contributed by atoms with Gasteiger partial charge in [-0.3, -0.25) is 0 Å². The van der Waals surface area contributed by atoms with Gasteiger partial charge in [0.05, 0.1) is 11.0 Å². The number of nitrogens with one attached hydrogen (secondary N) is 1. The van der Waals surface area contributed by atoms with Crippen LogP contribution in [-0.2, 0) is 13.0 Å². The third kappa shape index (κ3) is 4.31. The van der Waals surface area contributed by atoms with Crippen molar-refractivity contribution >= 4 is 11.0 Å². The van der Waals surface area contributed by atoms with E-state index in [0.717, 1.165) is 31.4 Å². The maximum atomic E-state index is 4.83. The van der Waals surface area contributed by atoms with Crippen molar-refractivity contribution in [1.82, 2.24) is 14.9 Å². The van der Waals surface area contributed by atoms with Crippen molar-refractivity contribution in [3.05, 3.63) is 30.1 Å². The molecule has 0 radical (unpaired) electrons. The fourth-order valence-corrected chi connectivity index (χ4v) is 2.85. The molecule has 1 unspecified atom stereocenters. The van der Waals surface area contributed by atoms with Gasteiger partial charge in [-0.15, -0.1) is 0 Å². The number of nitrogens with zero attached hydrogens (tertiary/aromatic N) is 2. The third-order valence-electron chi connectivity index (χ3n) is 3.96. The molecule has 3 nitrogen and oxygen atoms in total. The largest absolute Gasteiger partial charge is 0.328 e. The monoisotopic (exact) mass is 287 g/mol. The molecule has 0 saturated heterocycles. The fourth-order valence-electron chi connectivity index (χ4n) is 2.85. The summed E-state index contributed by atoms with van der Waals surface area (Å²) in [5.41, 5.74) is 2.42. The average molecular weight is 287 g/mol. The fraction of sp³-hybridized carbons (Fsp3) is 0.611. The number of fused-ring (bicyclic) bond motifs is 1. The second-order valence-electron chi connectivity index (χ2n) is 5.92. The van der Waals surface area contributed by atoms with Gasteiger partial charge in [0.1, 0.15) is 5.82 Å². The molecule has 1 aromatic heterocycles. The van der Waals surface area contributed by atoms with Crippen molar-refractivity contribution in [3.8, 4) is 0 Å². The maximum absolute atomic E-state index is 4.83. The molecule has 0 amide bonds. The molecule has 1 heterocycles. The first kappa shape index (κ1) is 16.0. The Kier molecular flexibility index (Phi) is 6.24. The number of hydrogen-bond acceptors (Lipinski definition) is 2. The van der Waals surface area contributed by atoms with Crippen LogP contribution in [0.15, 0.2) is 24.3 Å². The molecule has 1 atom stereocenters. The van der Waals surface area contributed by atoms with E-state index in [9.17, 15) is 0 Å². The first-order valence-corrected chi connectivity index (χ1v) is 8.43. The minimum atomic E-state index is 0.606. The molecule has 1 aromatic carbocycles. The van der Waals surface area contributed by atoms with E-state index in [1.165, 1.54) is 30.6 Å². The molecule has 0 fully saturated rings. The van der Waals surface area contributed by atoms with Crippen LogP contribution in [0.25, 0.3) is 11.0 Å². The molecule has 2 aromatic rings. The van der Waals surface area contributed by atoms with Gasteiger partial charge in [0.15, 0.2) is 0 Å². The summed E-state index contributed by atoms with van der Waals surface area (Å²) >= 11 is 0. The first-order chi connectivity index (χ1) is 10.3. The van der Waals surface area contributed by atoms with Crippen LogP contribution in [0, 0.1) is 0 Å². The van der Waals surface area contributed by atoms with E-state index < -0.39 is 0 Å². The van der Waals surface area contributed by atoms with Crippen LogP contribution >= 0.6 is 0 Å². The lowest BCUT2D eigenvalue weighted by atomic mass is 10.1. The van der Waals surface area contributed by atoms with Crippen LogP contribution in [0.3, 0.4) is 0 Å². The first-order valence-electron chi connectivity index (χ1n) is 8.43. The quantitative estimate of drug-likeness (QED) is 0.750. The van der Waals surface area contributed by atoms with Gasteiger partial charge in [-0.2, -0.15) is 0 Å². The minimum absolute atomic E-state index is 0.606. The summed E-state index contributed by atoms with van der Waals surface area (Å²) in [7, 11) is 0. The van der Waals surface area contributed by atoms with Crippen LogP contribution in [0.1, 0.15) is 52.3 Å². The van der Waals surface area contributed by atoms with Crippen molar-refractivity contribution in [1.29, 1.82) is 0 Å². The lowest BCUT2D eigenvalue weighted by molar-refractivity contribution is 0.491. The highest BCUT2D eigenvalue weighted by Crippen LogP contribution is 2.18. The zero-order valence-electron chi connectivity index (χ0n) is 13.7. The summed E-state index contributed by atoms with van der Waals surface area (Å²) in [6, 6.07) is 9.10. The molecule has 3 heteroatoms. The summed E-state index contributed by atoms with van der Waals surface area (Å²) in [5, 5.41) is 3.56. The van der Waals surface area contributed by atoms with E-state index in [4.69, 9.17) is 4.98 Å². The van der Waals surface area contributed by atoms with E-state index in [1.54, 1.807) is 0 Å². The van der Waals surface area contributed by atoms with E-state index in [1.807, 2.05) is 0 Å². The van der Waals surface area contributed by atoms with Crippen LogP contribution < -0.4 is 5.32 Å². The summed E-state index contributed by atoms with van der Waals surface area (Å²) in [4.78, 5) is 4.83. The predicted octanol–water partition coefficient (Wildman–Crippen LogP) is 4.16. The standard InChI is InChI=1S/C18H29N3/c1-4-13-19-15(3)9-8-12-18-20-16-10-6-7-11-17(16)21(18)14-5-2/h6-7,10-11,15,19H,4-5,8-9,12-14H2,1-3H3. The lowest BCUT2D eigenvalue weighted by Crippen LogP contribution is -2.26. The summed E-state index contributed by atoms with van der Waals surface area (Å²) in [6.07, 6.45) is 5.85. The molecule has 116 valence electrons. The van der Waals surface area contributed by atoms with Gasteiger partial charge in [0.25, 0.3) is 0 Å². The van der Waals surface area contributed by atoms with Gasteiger partial charge >= 0.3 is 0 Å². The Balaban J connectivity index is 1.99. The van der Waals surface area contributed by atoms with Gasteiger partial charge in [0, 0.05) is 19.0 Å². The van der Waals surface area contributed by atoms with E-state index in [0.29, 0.717) is 6.04 Å². The summed E-state index contributed by atoms with van der Waals surface area (Å²) < 4.78 is 2.40. The van der Waals surface area contributed by atoms with E-state index in [2.05, 4.69) is 54.9 Å². The van der Waals surface area contributed by atoms with Gasteiger partial charge in [-0.1, -0.05) is 26.0 Å². The highest BCUT2D eigenvalue weighted by atomic mass is 15.1. The maximum Gasteiger partial charge on any atom is 0.109 e. The van der Waals surface area contributed by atoms with E-state index >= 15 is 0 Å². The van der Waals surface area contributed by atoms with Crippen molar-refractivity contribution in [2.24, 2.45) is 0 Å². The lowest BCUT2D eigenvalue weighted by Gasteiger charge is -2.13.